The van der Waals surface area contributed by atoms with E-state index in [2.05, 4.69) is 146 Å². The summed E-state index contributed by atoms with van der Waals surface area (Å²) < 4.78 is 0. The lowest BCUT2D eigenvalue weighted by molar-refractivity contribution is 1.51. The Morgan fingerprint density at radius 2 is 1.09 bits per heavy atom. The standard InChI is InChI=1S/C42H33N/c1-3-29(23-24-43)33-9-8-10-34(26-33)30-17-20-32(21-18-30)41-37-11-4-6-13-39(37)42(40-14-7-5-12-38(40)41)35-22-19-31-16-15-28(2)25-36(31)27-35/h3-27H,43H2,1-2H3/b24-23-,29-3+. The maximum absolute atomic E-state index is 5.69. The quantitative estimate of drug-likeness (QED) is 0.167. The average Bonchev–Trinajstić information content (AvgIpc) is 3.06. The van der Waals surface area contributed by atoms with E-state index in [0.29, 0.717) is 0 Å². The van der Waals surface area contributed by atoms with Crippen molar-refractivity contribution in [1.29, 1.82) is 0 Å². The summed E-state index contributed by atoms with van der Waals surface area (Å²) in [7, 11) is 0. The third-order valence-corrected chi connectivity index (χ3v) is 8.51. The Kier molecular flexibility index (Phi) is 6.85. The van der Waals surface area contributed by atoms with Gasteiger partial charge in [0.05, 0.1) is 0 Å². The summed E-state index contributed by atoms with van der Waals surface area (Å²) in [5, 5.41) is 7.61. The Balaban J connectivity index is 1.40. The van der Waals surface area contributed by atoms with Crippen LogP contribution in [0.25, 0.3) is 71.3 Å². The fourth-order valence-corrected chi connectivity index (χ4v) is 6.44. The van der Waals surface area contributed by atoms with Crippen molar-refractivity contribution in [2.75, 3.05) is 0 Å². The molecule has 7 rings (SSSR count). The molecule has 0 fully saturated rings. The largest absolute Gasteiger partial charge is 0.405 e. The van der Waals surface area contributed by atoms with E-state index in [1.807, 2.05) is 13.0 Å². The molecule has 0 bridgehead atoms. The lowest BCUT2D eigenvalue weighted by Gasteiger charge is -2.18. The Labute approximate surface area is 253 Å². The topological polar surface area (TPSA) is 26.0 Å². The molecule has 2 N–H and O–H groups in total. The first kappa shape index (κ1) is 26.5. The lowest BCUT2D eigenvalue weighted by Crippen LogP contribution is -1.91. The average molecular weight is 552 g/mol. The maximum Gasteiger partial charge on any atom is -0.00262 e. The number of aryl methyl sites for hydroxylation is 1. The maximum atomic E-state index is 5.69. The molecule has 0 radical (unpaired) electrons. The van der Waals surface area contributed by atoms with Crippen LogP contribution in [0.2, 0.25) is 0 Å². The fraction of sp³-hybridized carbons (Fsp3) is 0.0476. The summed E-state index contributed by atoms with van der Waals surface area (Å²) in [6, 6.07) is 48.9. The van der Waals surface area contributed by atoms with E-state index in [1.165, 1.54) is 71.3 Å². The molecule has 0 amide bonds. The van der Waals surface area contributed by atoms with Crippen LogP contribution in [0.4, 0.5) is 0 Å². The van der Waals surface area contributed by atoms with E-state index >= 15 is 0 Å². The number of fused-ring (bicyclic) bond motifs is 3. The molecule has 43 heavy (non-hydrogen) atoms. The molecule has 1 heteroatoms. The Morgan fingerprint density at radius 1 is 0.512 bits per heavy atom. The minimum Gasteiger partial charge on any atom is -0.405 e. The van der Waals surface area contributed by atoms with Gasteiger partial charge in [0.25, 0.3) is 0 Å². The Bertz CT molecular complexity index is 2140. The van der Waals surface area contributed by atoms with Crippen LogP contribution in [0.3, 0.4) is 0 Å². The van der Waals surface area contributed by atoms with Gasteiger partial charge >= 0.3 is 0 Å². The molecule has 0 saturated carbocycles. The van der Waals surface area contributed by atoms with Crippen LogP contribution < -0.4 is 5.73 Å². The second kappa shape index (κ2) is 11.1. The van der Waals surface area contributed by atoms with E-state index < -0.39 is 0 Å². The molecule has 0 heterocycles. The highest BCUT2D eigenvalue weighted by molar-refractivity contribution is 6.21. The van der Waals surface area contributed by atoms with Crippen LogP contribution in [0.1, 0.15) is 18.1 Å². The minimum atomic E-state index is 1.11. The molecule has 0 aliphatic rings. The summed E-state index contributed by atoms with van der Waals surface area (Å²) in [5.74, 6) is 0. The number of benzene rings is 7. The van der Waals surface area contributed by atoms with Gasteiger partial charge in [0.1, 0.15) is 0 Å². The Hall–Kier alpha value is -5.40. The summed E-state index contributed by atoms with van der Waals surface area (Å²) in [4.78, 5) is 0. The summed E-state index contributed by atoms with van der Waals surface area (Å²) in [6.45, 7) is 4.20. The van der Waals surface area contributed by atoms with Crippen molar-refractivity contribution in [2.24, 2.45) is 5.73 Å². The Morgan fingerprint density at radius 3 is 1.72 bits per heavy atom. The molecule has 206 valence electrons. The number of rotatable bonds is 5. The van der Waals surface area contributed by atoms with Gasteiger partial charge in [-0.3, -0.25) is 0 Å². The highest BCUT2D eigenvalue weighted by Crippen LogP contribution is 2.44. The van der Waals surface area contributed by atoms with Gasteiger partial charge in [-0.15, -0.1) is 0 Å². The first-order chi connectivity index (χ1) is 21.1. The number of hydrogen-bond donors (Lipinski definition) is 1. The van der Waals surface area contributed by atoms with Crippen LogP contribution >= 0.6 is 0 Å². The molecule has 7 aromatic carbocycles. The van der Waals surface area contributed by atoms with Crippen LogP contribution in [0.15, 0.2) is 152 Å². The zero-order valence-corrected chi connectivity index (χ0v) is 24.5. The van der Waals surface area contributed by atoms with Gasteiger partial charge in [0.2, 0.25) is 0 Å². The van der Waals surface area contributed by atoms with Crippen molar-refractivity contribution in [3.63, 3.8) is 0 Å². The van der Waals surface area contributed by atoms with Crippen molar-refractivity contribution >= 4 is 37.9 Å². The molecule has 0 saturated heterocycles. The van der Waals surface area contributed by atoms with Crippen molar-refractivity contribution < 1.29 is 0 Å². The molecule has 0 aliphatic heterocycles. The lowest BCUT2D eigenvalue weighted by atomic mass is 9.85. The van der Waals surface area contributed by atoms with Gasteiger partial charge in [-0.05, 0) is 115 Å². The van der Waals surface area contributed by atoms with Crippen molar-refractivity contribution in [3.05, 3.63) is 163 Å². The van der Waals surface area contributed by atoms with Crippen molar-refractivity contribution in [1.82, 2.24) is 0 Å². The van der Waals surface area contributed by atoms with Gasteiger partial charge in [0, 0.05) is 0 Å². The van der Waals surface area contributed by atoms with Gasteiger partial charge in [-0.25, -0.2) is 0 Å². The zero-order chi connectivity index (χ0) is 29.3. The highest BCUT2D eigenvalue weighted by Gasteiger charge is 2.17. The summed E-state index contributed by atoms with van der Waals surface area (Å²) in [6.07, 6.45) is 5.63. The second-order valence-electron chi connectivity index (χ2n) is 11.2. The summed E-state index contributed by atoms with van der Waals surface area (Å²) in [5.41, 5.74) is 16.6. The smallest absolute Gasteiger partial charge is 0.00262 e. The number of nitrogens with two attached hydrogens (primary N) is 1. The molecule has 0 atom stereocenters. The molecule has 1 nitrogen and oxygen atoms in total. The van der Waals surface area contributed by atoms with Gasteiger partial charge in [0.15, 0.2) is 0 Å². The molecule has 0 unspecified atom stereocenters. The molecule has 0 aromatic heterocycles. The third kappa shape index (κ3) is 4.79. The highest BCUT2D eigenvalue weighted by atomic mass is 14.5. The summed E-state index contributed by atoms with van der Waals surface area (Å²) >= 11 is 0. The number of hydrogen-bond acceptors (Lipinski definition) is 1. The first-order valence-electron chi connectivity index (χ1n) is 14.8. The van der Waals surface area contributed by atoms with E-state index in [9.17, 15) is 0 Å². The van der Waals surface area contributed by atoms with E-state index in [0.717, 1.165) is 11.1 Å². The van der Waals surface area contributed by atoms with Crippen LogP contribution in [0, 0.1) is 6.92 Å². The minimum absolute atomic E-state index is 1.11. The van der Waals surface area contributed by atoms with Crippen LogP contribution in [-0.4, -0.2) is 0 Å². The SMILES string of the molecule is C/C=C(\C=C/N)c1cccc(-c2ccc(-c3c4ccccc4c(-c4ccc5ccc(C)cc5c4)c4ccccc34)cc2)c1. The number of allylic oxidation sites excluding steroid dienone is 3. The van der Waals surface area contributed by atoms with E-state index in [-0.39, 0.29) is 0 Å². The van der Waals surface area contributed by atoms with Gasteiger partial charge < -0.3 is 5.73 Å². The molecule has 0 spiro atoms. The molecular weight excluding hydrogens is 518 g/mol. The first-order valence-corrected chi connectivity index (χ1v) is 14.8. The van der Waals surface area contributed by atoms with Crippen LogP contribution in [-0.2, 0) is 0 Å². The second-order valence-corrected chi connectivity index (χ2v) is 11.2. The van der Waals surface area contributed by atoms with Crippen LogP contribution in [0.5, 0.6) is 0 Å². The molecular formula is C42H33N. The van der Waals surface area contributed by atoms with E-state index in [4.69, 9.17) is 5.73 Å². The predicted octanol–water partition coefficient (Wildman–Crippen LogP) is 11.3. The fourth-order valence-electron chi connectivity index (χ4n) is 6.44. The van der Waals surface area contributed by atoms with Crippen molar-refractivity contribution in [2.45, 2.75) is 13.8 Å². The molecule has 7 aromatic rings. The monoisotopic (exact) mass is 551 g/mol. The van der Waals surface area contributed by atoms with Gasteiger partial charge in [-0.1, -0.05) is 133 Å². The van der Waals surface area contributed by atoms with E-state index in [1.54, 1.807) is 6.20 Å². The normalized spacial score (nSPS) is 12.1. The zero-order valence-electron chi connectivity index (χ0n) is 24.5. The van der Waals surface area contributed by atoms with Crippen molar-refractivity contribution in [3.8, 4) is 33.4 Å². The predicted molar refractivity (Wildman–Crippen MR) is 187 cm³/mol. The van der Waals surface area contributed by atoms with Gasteiger partial charge in [-0.2, -0.15) is 0 Å². The third-order valence-electron chi connectivity index (χ3n) is 8.51. The molecule has 0 aliphatic carbocycles.